The Morgan fingerprint density at radius 3 is 2.52 bits per heavy atom. The van der Waals surface area contributed by atoms with Gasteiger partial charge in [0.2, 0.25) is 5.95 Å². The predicted octanol–water partition coefficient (Wildman–Crippen LogP) is 4.75. The number of aromatic nitrogens is 3. The van der Waals surface area contributed by atoms with Gasteiger partial charge in [-0.15, -0.1) is 0 Å². The van der Waals surface area contributed by atoms with Crippen molar-refractivity contribution in [3.8, 4) is 11.5 Å². The van der Waals surface area contributed by atoms with Gasteiger partial charge < -0.3 is 14.8 Å². The van der Waals surface area contributed by atoms with Crippen LogP contribution in [0.5, 0.6) is 11.5 Å². The Kier molecular flexibility index (Phi) is 4.85. The Morgan fingerprint density at radius 1 is 1.00 bits per heavy atom. The van der Waals surface area contributed by atoms with E-state index >= 15 is 0 Å². The van der Waals surface area contributed by atoms with Gasteiger partial charge in [0.25, 0.3) is 0 Å². The Balaban J connectivity index is 1.73. The quantitative estimate of drug-likeness (QED) is 0.679. The van der Waals surface area contributed by atoms with Crippen molar-refractivity contribution in [2.24, 2.45) is 0 Å². The maximum Gasteiger partial charge on any atom is 0.222 e. The van der Waals surface area contributed by atoms with Crippen LogP contribution in [-0.2, 0) is 0 Å². The van der Waals surface area contributed by atoms with Gasteiger partial charge in [-0.3, -0.25) is 0 Å². The van der Waals surface area contributed by atoms with Gasteiger partial charge in [0, 0.05) is 0 Å². The van der Waals surface area contributed by atoms with Crippen LogP contribution in [0.15, 0.2) is 42.7 Å². The maximum absolute atomic E-state index is 6.22. The maximum atomic E-state index is 6.22. The van der Waals surface area contributed by atoms with Gasteiger partial charge in [-0.25, -0.2) is 4.68 Å². The van der Waals surface area contributed by atoms with Gasteiger partial charge in [-0.1, -0.05) is 35.3 Å². The molecule has 0 bridgehead atoms. The van der Waals surface area contributed by atoms with Gasteiger partial charge in [0.15, 0.2) is 11.5 Å². The third-order valence-electron chi connectivity index (χ3n) is 4.77. The first-order chi connectivity index (χ1) is 13.1. The van der Waals surface area contributed by atoms with Crippen LogP contribution < -0.4 is 14.8 Å². The molecule has 0 aliphatic carbocycles. The summed E-state index contributed by atoms with van der Waals surface area (Å²) in [6.45, 7) is 0. The Bertz CT molecular complexity index is 976. The molecule has 0 radical (unpaired) electrons. The summed E-state index contributed by atoms with van der Waals surface area (Å²) in [7, 11) is 3.25. The second-order valence-electron chi connectivity index (χ2n) is 6.26. The standard InChI is InChI=1S/C19H18Cl2N4O2/c1-26-17-6-4-12(8-18(17)27-2)16-9-15(24-19-22-10-23-25(16)19)11-3-5-13(20)14(21)7-11/h3-8,10,15-16H,9H2,1-2H3,(H,22,23,24)/t15-,16-/m1/s1. The van der Waals surface area contributed by atoms with E-state index < -0.39 is 0 Å². The van der Waals surface area contributed by atoms with Gasteiger partial charge in [-0.2, -0.15) is 10.1 Å². The molecule has 1 aromatic heterocycles. The third kappa shape index (κ3) is 3.31. The zero-order valence-electron chi connectivity index (χ0n) is 14.8. The highest BCUT2D eigenvalue weighted by Gasteiger charge is 2.30. The van der Waals surface area contributed by atoms with E-state index in [0.29, 0.717) is 27.5 Å². The first-order valence-corrected chi connectivity index (χ1v) is 9.19. The molecule has 2 atom stereocenters. The lowest BCUT2D eigenvalue weighted by molar-refractivity contribution is 0.352. The molecule has 3 aromatic rings. The summed E-state index contributed by atoms with van der Waals surface area (Å²) >= 11 is 12.3. The van der Waals surface area contributed by atoms with Crippen LogP contribution >= 0.6 is 23.2 Å². The molecule has 4 rings (SSSR count). The average molecular weight is 405 g/mol. The van der Waals surface area contributed by atoms with Crippen molar-refractivity contribution in [3.63, 3.8) is 0 Å². The number of anilines is 1. The highest BCUT2D eigenvalue weighted by atomic mass is 35.5. The summed E-state index contributed by atoms with van der Waals surface area (Å²) in [5.74, 6) is 2.08. The van der Waals surface area contributed by atoms with Crippen LogP contribution in [0, 0.1) is 0 Å². The van der Waals surface area contributed by atoms with Crippen molar-refractivity contribution in [1.29, 1.82) is 0 Å². The molecular weight excluding hydrogens is 387 g/mol. The minimum absolute atomic E-state index is 0.0111. The van der Waals surface area contributed by atoms with Crippen LogP contribution in [0.2, 0.25) is 10.0 Å². The second kappa shape index (κ2) is 7.29. The van der Waals surface area contributed by atoms with Crippen LogP contribution in [0.25, 0.3) is 0 Å². The highest BCUT2D eigenvalue weighted by Crippen LogP contribution is 2.40. The molecule has 2 aromatic carbocycles. The summed E-state index contributed by atoms with van der Waals surface area (Å²) in [5.41, 5.74) is 2.11. The minimum atomic E-state index is -0.0111. The van der Waals surface area contributed by atoms with E-state index in [1.165, 1.54) is 0 Å². The number of fused-ring (bicyclic) bond motifs is 1. The van der Waals surface area contributed by atoms with Gasteiger partial charge in [-0.05, 0) is 41.8 Å². The molecule has 1 aliphatic rings. The van der Waals surface area contributed by atoms with E-state index in [1.54, 1.807) is 20.5 Å². The molecule has 0 amide bonds. The Hall–Kier alpha value is -2.44. The molecule has 2 heterocycles. The average Bonchev–Trinajstić information content (AvgIpc) is 3.17. The molecule has 0 spiro atoms. The fourth-order valence-electron chi connectivity index (χ4n) is 3.41. The molecule has 8 heteroatoms. The van der Waals surface area contributed by atoms with E-state index in [-0.39, 0.29) is 12.1 Å². The molecule has 0 saturated heterocycles. The zero-order valence-corrected chi connectivity index (χ0v) is 16.3. The smallest absolute Gasteiger partial charge is 0.222 e. The number of nitrogens with one attached hydrogen (secondary N) is 1. The van der Waals surface area contributed by atoms with Crippen molar-refractivity contribution in [2.45, 2.75) is 18.5 Å². The molecule has 27 heavy (non-hydrogen) atoms. The van der Waals surface area contributed by atoms with E-state index in [2.05, 4.69) is 15.4 Å². The van der Waals surface area contributed by atoms with Crippen molar-refractivity contribution in [3.05, 3.63) is 63.9 Å². The van der Waals surface area contributed by atoms with Gasteiger partial charge in [0.1, 0.15) is 6.33 Å². The first kappa shape index (κ1) is 17.9. The van der Waals surface area contributed by atoms with E-state index in [4.69, 9.17) is 32.7 Å². The van der Waals surface area contributed by atoms with Crippen molar-refractivity contribution in [1.82, 2.24) is 14.8 Å². The first-order valence-electron chi connectivity index (χ1n) is 8.43. The summed E-state index contributed by atoms with van der Waals surface area (Å²) in [5, 5.41) is 8.89. The lowest BCUT2D eigenvalue weighted by atomic mass is 9.93. The molecule has 0 fully saturated rings. The molecule has 0 unspecified atom stereocenters. The highest BCUT2D eigenvalue weighted by molar-refractivity contribution is 6.42. The number of halogens is 2. The minimum Gasteiger partial charge on any atom is -0.493 e. The molecule has 1 N–H and O–H groups in total. The van der Waals surface area contributed by atoms with Crippen LogP contribution in [0.3, 0.4) is 0 Å². The lowest BCUT2D eigenvalue weighted by Crippen LogP contribution is -2.28. The largest absolute Gasteiger partial charge is 0.493 e. The summed E-state index contributed by atoms with van der Waals surface area (Å²) in [6.07, 6.45) is 2.32. The van der Waals surface area contributed by atoms with E-state index in [0.717, 1.165) is 17.5 Å². The normalized spacial score (nSPS) is 18.5. The molecular formula is C19H18Cl2N4O2. The third-order valence-corrected chi connectivity index (χ3v) is 5.51. The number of rotatable bonds is 4. The SMILES string of the molecule is COc1ccc([C@H]2C[C@H](c3ccc(Cl)c(Cl)c3)Nc3ncnn32)cc1OC. The molecule has 0 saturated carbocycles. The monoisotopic (exact) mass is 404 g/mol. The van der Waals surface area contributed by atoms with Crippen LogP contribution in [0.1, 0.15) is 29.6 Å². The molecule has 6 nitrogen and oxygen atoms in total. The van der Waals surface area contributed by atoms with Crippen molar-refractivity contribution in [2.75, 3.05) is 19.5 Å². The van der Waals surface area contributed by atoms with Crippen LogP contribution in [0.4, 0.5) is 5.95 Å². The topological polar surface area (TPSA) is 61.2 Å². The Morgan fingerprint density at radius 2 is 1.78 bits per heavy atom. The van der Waals surface area contributed by atoms with Crippen molar-refractivity contribution < 1.29 is 9.47 Å². The zero-order chi connectivity index (χ0) is 19.0. The number of hydrogen-bond donors (Lipinski definition) is 1. The van der Waals surface area contributed by atoms with Crippen LogP contribution in [-0.4, -0.2) is 29.0 Å². The molecule has 140 valence electrons. The summed E-state index contributed by atoms with van der Waals surface area (Å²) in [6, 6.07) is 11.6. The van der Waals surface area contributed by atoms with E-state index in [9.17, 15) is 0 Å². The predicted molar refractivity (Wildman–Crippen MR) is 105 cm³/mol. The number of nitrogens with zero attached hydrogens (tertiary/aromatic N) is 3. The number of hydrogen-bond acceptors (Lipinski definition) is 5. The van der Waals surface area contributed by atoms with Gasteiger partial charge in [0.05, 0.1) is 36.3 Å². The number of benzene rings is 2. The summed E-state index contributed by atoms with van der Waals surface area (Å²) in [4.78, 5) is 4.35. The number of methoxy groups -OCH3 is 2. The Labute approximate surface area is 167 Å². The van der Waals surface area contributed by atoms with E-state index in [1.807, 2.05) is 41.1 Å². The second-order valence-corrected chi connectivity index (χ2v) is 7.08. The lowest BCUT2D eigenvalue weighted by Gasteiger charge is -2.32. The van der Waals surface area contributed by atoms with Crippen molar-refractivity contribution >= 4 is 29.2 Å². The number of ether oxygens (including phenoxy) is 2. The fourth-order valence-corrected chi connectivity index (χ4v) is 3.71. The fraction of sp³-hybridized carbons (Fsp3) is 0.263. The van der Waals surface area contributed by atoms with Gasteiger partial charge >= 0.3 is 0 Å². The summed E-state index contributed by atoms with van der Waals surface area (Å²) < 4.78 is 12.7. The molecule has 1 aliphatic heterocycles.